The van der Waals surface area contributed by atoms with E-state index in [9.17, 15) is 8.42 Å². The third kappa shape index (κ3) is 5.02. The first-order valence-corrected chi connectivity index (χ1v) is 8.50. The lowest BCUT2D eigenvalue weighted by molar-refractivity contribution is 0.140. The Kier molecular flexibility index (Phi) is 5.54. The fourth-order valence-corrected chi connectivity index (χ4v) is 3.40. The molecule has 0 amide bonds. The van der Waals surface area contributed by atoms with Crippen LogP contribution in [0.1, 0.15) is 39.0 Å². The highest BCUT2D eigenvalue weighted by Crippen LogP contribution is 2.27. The van der Waals surface area contributed by atoms with Crippen LogP contribution < -0.4 is 0 Å². The molecule has 0 aromatic heterocycles. The van der Waals surface area contributed by atoms with Crippen LogP contribution in [0.4, 0.5) is 0 Å². The Morgan fingerprint density at radius 2 is 1.94 bits per heavy atom. The van der Waals surface area contributed by atoms with Crippen molar-refractivity contribution in [1.29, 1.82) is 0 Å². The minimum atomic E-state index is -3.32. The monoisotopic (exact) mass is 267 g/mol. The van der Waals surface area contributed by atoms with Crippen LogP contribution >= 0.6 is 10.7 Å². The van der Waals surface area contributed by atoms with Gasteiger partial charge < -0.3 is 4.90 Å². The van der Waals surface area contributed by atoms with Gasteiger partial charge in [-0.05, 0) is 38.8 Å². The van der Waals surface area contributed by atoms with Crippen molar-refractivity contribution in [3.8, 4) is 0 Å². The summed E-state index contributed by atoms with van der Waals surface area (Å²) < 4.78 is 21.6. The summed E-state index contributed by atoms with van der Waals surface area (Å²) in [5.41, 5.74) is 0. The zero-order valence-corrected chi connectivity index (χ0v) is 11.7. The highest BCUT2D eigenvalue weighted by Gasteiger charge is 2.24. The summed E-state index contributed by atoms with van der Waals surface area (Å²) in [7, 11) is 3.96. The maximum Gasteiger partial charge on any atom is 0.232 e. The molecule has 1 fully saturated rings. The Morgan fingerprint density at radius 1 is 1.31 bits per heavy atom. The van der Waals surface area contributed by atoms with Gasteiger partial charge in [-0.3, -0.25) is 0 Å². The summed E-state index contributed by atoms with van der Waals surface area (Å²) in [5.74, 6) is 0.811. The van der Waals surface area contributed by atoms with Gasteiger partial charge in [0.15, 0.2) is 0 Å². The molecule has 2 atom stereocenters. The van der Waals surface area contributed by atoms with Gasteiger partial charge in [-0.1, -0.05) is 19.8 Å². The van der Waals surface area contributed by atoms with E-state index in [2.05, 4.69) is 18.9 Å². The molecule has 2 unspecified atom stereocenters. The molecular formula is C11H22ClNO2S. The zero-order valence-electron chi connectivity index (χ0n) is 10.2. The van der Waals surface area contributed by atoms with Gasteiger partial charge in [-0.15, -0.1) is 0 Å². The van der Waals surface area contributed by atoms with Crippen LogP contribution in [0.3, 0.4) is 0 Å². The van der Waals surface area contributed by atoms with Gasteiger partial charge >= 0.3 is 0 Å². The van der Waals surface area contributed by atoms with Crippen molar-refractivity contribution in [3.05, 3.63) is 0 Å². The van der Waals surface area contributed by atoms with Crippen LogP contribution in [0.2, 0.25) is 0 Å². The lowest BCUT2D eigenvalue weighted by atomic mass is 9.85. The van der Waals surface area contributed by atoms with Crippen LogP contribution in [0, 0.1) is 5.92 Å². The molecule has 1 aliphatic rings. The first-order chi connectivity index (χ1) is 7.40. The minimum absolute atomic E-state index is 0.0833. The van der Waals surface area contributed by atoms with E-state index in [1.54, 1.807) is 0 Å². The van der Waals surface area contributed by atoms with Crippen molar-refractivity contribution in [2.45, 2.75) is 45.1 Å². The molecule has 0 aliphatic heterocycles. The summed E-state index contributed by atoms with van der Waals surface area (Å²) in [4.78, 5) is 2.30. The van der Waals surface area contributed by atoms with Gasteiger partial charge in [-0.25, -0.2) is 8.42 Å². The second kappa shape index (κ2) is 6.22. The quantitative estimate of drug-likeness (QED) is 0.718. The fraction of sp³-hybridized carbons (Fsp3) is 1.00. The van der Waals surface area contributed by atoms with E-state index in [0.717, 1.165) is 12.5 Å². The van der Waals surface area contributed by atoms with Crippen LogP contribution in [0.15, 0.2) is 0 Å². The van der Waals surface area contributed by atoms with Gasteiger partial charge in [-0.2, -0.15) is 0 Å². The molecule has 0 aromatic rings. The molecule has 0 bridgehead atoms. The van der Waals surface area contributed by atoms with Crippen molar-refractivity contribution < 1.29 is 8.42 Å². The normalized spacial score (nSPS) is 27.2. The maximum absolute atomic E-state index is 10.8. The van der Waals surface area contributed by atoms with E-state index in [-0.39, 0.29) is 5.75 Å². The van der Waals surface area contributed by atoms with E-state index in [1.807, 2.05) is 0 Å². The van der Waals surface area contributed by atoms with E-state index >= 15 is 0 Å². The Balaban J connectivity index is 2.31. The topological polar surface area (TPSA) is 37.4 Å². The first-order valence-electron chi connectivity index (χ1n) is 6.03. The molecule has 0 saturated heterocycles. The molecule has 0 heterocycles. The lowest BCUT2D eigenvalue weighted by Crippen LogP contribution is -2.39. The van der Waals surface area contributed by atoms with Crippen molar-refractivity contribution in [1.82, 2.24) is 4.90 Å². The van der Waals surface area contributed by atoms with Crippen LogP contribution in [0.5, 0.6) is 0 Å². The van der Waals surface area contributed by atoms with Crippen molar-refractivity contribution in [3.63, 3.8) is 0 Å². The SMILES string of the molecule is CC1CCCCC1N(C)CCCS(=O)(=O)Cl. The number of nitrogens with zero attached hydrogens (tertiary/aromatic N) is 1. The second-order valence-electron chi connectivity index (χ2n) is 4.91. The van der Waals surface area contributed by atoms with Crippen LogP contribution in [-0.2, 0) is 9.05 Å². The summed E-state index contributed by atoms with van der Waals surface area (Å²) in [6, 6.07) is 0.617. The molecule has 5 heteroatoms. The molecular weight excluding hydrogens is 246 g/mol. The summed E-state index contributed by atoms with van der Waals surface area (Å²) in [5, 5.41) is 0. The lowest BCUT2D eigenvalue weighted by Gasteiger charge is -2.36. The van der Waals surface area contributed by atoms with Gasteiger partial charge in [0, 0.05) is 16.7 Å². The number of halogens is 1. The Labute approximate surface area is 104 Å². The Hall–Kier alpha value is 0.200. The Morgan fingerprint density at radius 3 is 2.50 bits per heavy atom. The average Bonchev–Trinajstić information content (AvgIpc) is 2.16. The molecule has 0 radical (unpaired) electrons. The second-order valence-corrected chi connectivity index (χ2v) is 7.80. The molecule has 96 valence electrons. The number of hydrogen-bond acceptors (Lipinski definition) is 3. The smallest absolute Gasteiger partial charge is 0.232 e. The highest BCUT2D eigenvalue weighted by molar-refractivity contribution is 8.13. The third-order valence-corrected chi connectivity index (χ3v) is 4.77. The molecule has 0 aromatic carbocycles. The largest absolute Gasteiger partial charge is 0.303 e. The third-order valence-electron chi connectivity index (χ3n) is 3.53. The average molecular weight is 268 g/mol. The van der Waals surface area contributed by atoms with E-state index in [0.29, 0.717) is 12.5 Å². The Bertz CT molecular complexity index is 305. The summed E-state index contributed by atoms with van der Waals surface area (Å²) in [6.07, 6.45) is 5.80. The molecule has 0 N–H and O–H groups in total. The molecule has 1 aliphatic carbocycles. The summed E-state index contributed by atoms with van der Waals surface area (Å²) >= 11 is 0. The fourth-order valence-electron chi connectivity index (χ4n) is 2.60. The minimum Gasteiger partial charge on any atom is -0.303 e. The van der Waals surface area contributed by atoms with Crippen LogP contribution in [-0.4, -0.2) is 38.7 Å². The summed E-state index contributed by atoms with van der Waals surface area (Å²) in [6.45, 7) is 3.11. The zero-order chi connectivity index (χ0) is 12.2. The van der Waals surface area contributed by atoms with Crippen LogP contribution in [0.25, 0.3) is 0 Å². The van der Waals surface area contributed by atoms with Gasteiger partial charge in [0.1, 0.15) is 0 Å². The highest BCUT2D eigenvalue weighted by atomic mass is 35.7. The molecule has 1 rings (SSSR count). The van der Waals surface area contributed by atoms with Crippen molar-refractivity contribution in [2.75, 3.05) is 19.3 Å². The first kappa shape index (κ1) is 14.3. The van der Waals surface area contributed by atoms with E-state index in [1.165, 1.54) is 25.7 Å². The van der Waals surface area contributed by atoms with Gasteiger partial charge in [0.2, 0.25) is 9.05 Å². The number of hydrogen-bond donors (Lipinski definition) is 0. The van der Waals surface area contributed by atoms with Crippen molar-refractivity contribution >= 4 is 19.7 Å². The van der Waals surface area contributed by atoms with Gasteiger partial charge in [0.25, 0.3) is 0 Å². The molecule has 3 nitrogen and oxygen atoms in total. The molecule has 1 saturated carbocycles. The van der Waals surface area contributed by atoms with Gasteiger partial charge in [0.05, 0.1) is 5.75 Å². The predicted molar refractivity (Wildman–Crippen MR) is 68.3 cm³/mol. The molecule has 0 spiro atoms. The van der Waals surface area contributed by atoms with Crippen molar-refractivity contribution in [2.24, 2.45) is 5.92 Å². The molecule has 16 heavy (non-hydrogen) atoms. The van der Waals surface area contributed by atoms with E-state index < -0.39 is 9.05 Å². The standard InChI is InChI=1S/C11H22ClNO2S/c1-10-6-3-4-7-11(10)13(2)8-5-9-16(12,14)15/h10-11H,3-9H2,1-2H3. The number of rotatable bonds is 5. The predicted octanol–water partition coefficient (Wildman–Crippen LogP) is 2.46. The van der Waals surface area contributed by atoms with E-state index in [4.69, 9.17) is 10.7 Å². The maximum atomic E-state index is 10.8.